The lowest BCUT2D eigenvalue weighted by Gasteiger charge is -2.23. The zero-order valence-electron chi connectivity index (χ0n) is 12.6. The summed E-state index contributed by atoms with van der Waals surface area (Å²) in [6.07, 6.45) is 0.449. The normalized spacial score (nSPS) is 23.8. The van der Waals surface area contributed by atoms with Crippen LogP contribution in [0.2, 0.25) is 0 Å². The topological polar surface area (TPSA) is 72.5 Å². The van der Waals surface area contributed by atoms with Gasteiger partial charge in [-0.25, -0.2) is 8.42 Å². The zero-order chi connectivity index (χ0) is 15.7. The lowest BCUT2D eigenvalue weighted by molar-refractivity contribution is -0.124. The van der Waals surface area contributed by atoms with Crippen LogP contribution in [0.15, 0.2) is 18.2 Å². The van der Waals surface area contributed by atoms with Crippen LogP contribution in [-0.4, -0.2) is 38.0 Å². The third kappa shape index (κ3) is 4.46. The van der Waals surface area contributed by atoms with Crippen molar-refractivity contribution in [3.63, 3.8) is 0 Å². The van der Waals surface area contributed by atoms with Crippen LogP contribution in [0.1, 0.15) is 24.5 Å². The van der Waals surface area contributed by atoms with Gasteiger partial charge in [-0.15, -0.1) is 0 Å². The molecule has 1 N–H and O–H groups in total. The van der Waals surface area contributed by atoms with Crippen molar-refractivity contribution in [1.29, 1.82) is 0 Å². The average Bonchev–Trinajstić information content (AvgIpc) is 2.59. The van der Waals surface area contributed by atoms with E-state index in [1.54, 1.807) is 6.92 Å². The Hall–Kier alpha value is -1.56. The predicted molar refractivity (Wildman–Crippen MR) is 81.2 cm³/mol. The maximum Gasteiger partial charge on any atom is 0.258 e. The third-order valence-corrected chi connectivity index (χ3v) is 5.41. The number of aryl methyl sites for hydroxylation is 2. The number of nitrogens with one attached hydrogen (secondary N) is 1. The van der Waals surface area contributed by atoms with Gasteiger partial charge in [0.25, 0.3) is 5.91 Å². The number of amides is 1. The molecule has 0 spiro atoms. The van der Waals surface area contributed by atoms with Crippen LogP contribution in [0.25, 0.3) is 0 Å². The highest BCUT2D eigenvalue weighted by molar-refractivity contribution is 7.91. The van der Waals surface area contributed by atoms with Gasteiger partial charge >= 0.3 is 0 Å². The van der Waals surface area contributed by atoms with Crippen molar-refractivity contribution in [2.75, 3.05) is 18.1 Å². The molecule has 0 aliphatic carbocycles. The molecule has 0 bridgehead atoms. The number of benzene rings is 1. The Bertz CT molecular complexity index is 633. The highest BCUT2D eigenvalue weighted by atomic mass is 32.2. The molecule has 116 valence electrons. The highest BCUT2D eigenvalue weighted by Gasteiger charge is 2.39. The number of hydrogen-bond donors (Lipinski definition) is 1. The Kier molecular flexibility index (Phi) is 4.27. The Balaban J connectivity index is 1.91. The monoisotopic (exact) mass is 311 g/mol. The van der Waals surface area contributed by atoms with Gasteiger partial charge in [-0.1, -0.05) is 6.07 Å². The summed E-state index contributed by atoms with van der Waals surface area (Å²) in [6, 6.07) is 5.75. The maximum absolute atomic E-state index is 11.9. The summed E-state index contributed by atoms with van der Waals surface area (Å²) in [6.45, 7) is 5.57. The molecule has 1 atom stereocenters. The number of ether oxygens (including phenoxy) is 1. The van der Waals surface area contributed by atoms with Gasteiger partial charge in [0.2, 0.25) is 0 Å². The minimum absolute atomic E-state index is 0.00467. The zero-order valence-corrected chi connectivity index (χ0v) is 13.4. The average molecular weight is 311 g/mol. The molecule has 1 fully saturated rings. The standard InChI is InChI=1S/C15H21NO4S/c1-11-6-12(2)8-13(7-11)20-9-14(17)16-15(3)4-5-21(18,19)10-15/h6-8H,4-5,9-10H2,1-3H3,(H,16,17). The maximum atomic E-state index is 11.9. The van der Waals surface area contributed by atoms with Crippen LogP contribution in [0, 0.1) is 13.8 Å². The molecule has 0 aromatic heterocycles. The first kappa shape index (κ1) is 15.8. The summed E-state index contributed by atoms with van der Waals surface area (Å²) < 4.78 is 28.5. The molecule has 21 heavy (non-hydrogen) atoms. The van der Waals surface area contributed by atoms with Crippen LogP contribution in [0.5, 0.6) is 5.75 Å². The SMILES string of the molecule is Cc1cc(C)cc(OCC(=O)NC2(C)CCS(=O)(=O)C2)c1. The molecule has 0 radical (unpaired) electrons. The molecular weight excluding hydrogens is 290 g/mol. The molecule has 0 saturated carbocycles. The Labute approximate surface area is 125 Å². The van der Waals surface area contributed by atoms with Crippen molar-refractivity contribution in [3.8, 4) is 5.75 Å². The molecule has 5 nitrogen and oxygen atoms in total. The molecule has 6 heteroatoms. The summed E-state index contributed by atoms with van der Waals surface area (Å²) in [5.41, 5.74) is 1.46. The molecule has 1 amide bonds. The van der Waals surface area contributed by atoms with Gasteiger partial charge in [0.15, 0.2) is 16.4 Å². The van der Waals surface area contributed by atoms with E-state index in [9.17, 15) is 13.2 Å². The van der Waals surface area contributed by atoms with Crippen LogP contribution in [0.3, 0.4) is 0 Å². The van der Waals surface area contributed by atoms with E-state index in [2.05, 4.69) is 5.32 Å². The molecule has 2 rings (SSSR count). The van der Waals surface area contributed by atoms with E-state index in [1.165, 1.54) is 0 Å². The minimum Gasteiger partial charge on any atom is -0.484 e. The van der Waals surface area contributed by atoms with Gasteiger partial charge in [-0.2, -0.15) is 0 Å². The van der Waals surface area contributed by atoms with Gasteiger partial charge in [0.05, 0.1) is 17.0 Å². The first-order valence-electron chi connectivity index (χ1n) is 6.90. The van der Waals surface area contributed by atoms with Crippen LogP contribution in [0.4, 0.5) is 0 Å². The summed E-state index contributed by atoms with van der Waals surface area (Å²) in [5, 5.41) is 2.77. The highest BCUT2D eigenvalue weighted by Crippen LogP contribution is 2.22. The molecule has 1 heterocycles. The van der Waals surface area contributed by atoms with Gasteiger partial charge in [-0.05, 0) is 50.5 Å². The summed E-state index contributed by atoms with van der Waals surface area (Å²) in [5.74, 6) is 0.470. The van der Waals surface area contributed by atoms with Gasteiger partial charge in [-0.3, -0.25) is 4.79 Å². The molecule has 1 aliphatic heterocycles. The van der Waals surface area contributed by atoms with Crippen LogP contribution >= 0.6 is 0 Å². The number of sulfone groups is 1. The van der Waals surface area contributed by atoms with Crippen molar-refractivity contribution in [3.05, 3.63) is 29.3 Å². The van der Waals surface area contributed by atoms with Gasteiger partial charge < -0.3 is 10.1 Å². The van der Waals surface area contributed by atoms with Crippen molar-refractivity contribution < 1.29 is 17.9 Å². The largest absolute Gasteiger partial charge is 0.484 e. The predicted octanol–water partition coefficient (Wildman–Crippen LogP) is 1.38. The quantitative estimate of drug-likeness (QED) is 0.911. The Morgan fingerprint density at radius 2 is 1.90 bits per heavy atom. The fourth-order valence-electron chi connectivity index (χ4n) is 2.65. The Morgan fingerprint density at radius 1 is 1.29 bits per heavy atom. The van der Waals surface area contributed by atoms with E-state index in [1.807, 2.05) is 32.0 Å². The molecule has 1 unspecified atom stereocenters. The van der Waals surface area contributed by atoms with E-state index in [-0.39, 0.29) is 24.0 Å². The molecule has 1 aliphatic rings. The Morgan fingerprint density at radius 3 is 2.43 bits per heavy atom. The smallest absolute Gasteiger partial charge is 0.258 e. The number of carbonyl (C=O) groups excluding carboxylic acids is 1. The lowest BCUT2D eigenvalue weighted by atomic mass is 10.0. The lowest BCUT2D eigenvalue weighted by Crippen LogP contribution is -2.48. The second-order valence-corrected chi connectivity index (χ2v) is 8.25. The molecule has 1 aromatic rings. The van der Waals surface area contributed by atoms with E-state index >= 15 is 0 Å². The van der Waals surface area contributed by atoms with Crippen molar-refractivity contribution >= 4 is 15.7 Å². The molecular formula is C15H21NO4S. The van der Waals surface area contributed by atoms with E-state index in [4.69, 9.17) is 4.74 Å². The summed E-state index contributed by atoms with van der Waals surface area (Å²) >= 11 is 0. The second kappa shape index (κ2) is 5.67. The summed E-state index contributed by atoms with van der Waals surface area (Å²) in [7, 11) is -3.03. The van der Waals surface area contributed by atoms with Crippen molar-refractivity contribution in [2.24, 2.45) is 0 Å². The third-order valence-electron chi connectivity index (χ3n) is 3.51. The molecule has 1 aromatic carbocycles. The van der Waals surface area contributed by atoms with Crippen LogP contribution in [-0.2, 0) is 14.6 Å². The fraction of sp³-hybridized carbons (Fsp3) is 0.533. The van der Waals surface area contributed by atoms with Crippen molar-refractivity contribution in [1.82, 2.24) is 5.32 Å². The van der Waals surface area contributed by atoms with E-state index in [0.29, 0.717) is 12.2 Å². The number of rotatable bonds is 4. The fourth-order valence-corrected chi connectivity index (χ4v) is 4.74. The first-order valence-corrected chi connectivity index (χ1v) is 8.72. The number of hydrogen-bond acceptors (Lipinski definition) is 4. The minimum atomic E-state index is -3.03. The van der Waals surface area contributed by atoms with Gasteiger partial charge in [0.1, 0.15) is 5.75 Å². The molecule has 1 saturated heterocycles. The van der Waals surface area contributed by atoms with E-state index in [0.717, 1.165) is 11.1 Å². The van der Waals surface area contributed by atoms with Crippen molar-refractivity contribution in [2.45, 2.75) is 32.7 Å². The van der Waals surface area contributed by atoms with E-state index < -0.39 is 15.4 Å². The summed E-state index contributed by atoms with van der Waals surface area (Å²) in [4.78, 5) is 11.9. The van der Waals surface area contributed by atoms with Gasteiger partial charge in [0, 0.05) is 0 Å². The second-order valence-electron chi connectivity index (χ2n) is 6.06. The van der Waals surface area contributed by atoms with Crippen LogP contribution < -0.4 is 10.1 Å². The first-order chi connectivity index (χ1) is 9.67. The number of carbonyl (C=O) groups is 1.